The molecule has 0 spiro atoms. The van der Waals surface area contributed by atoms with Crippen LogP contribution in [-0.4, -0.2) is 34.0 Å². The van der Waals surface area contributed by atoms with Gasteiger partial charge in [0.25, 0.3) is 11.8 Å². The third-order valence-electron chi connectivity index (χ3n) is 4.44. The summed E-state index contributed by atoms with van der Waals surface area (Å²) in [5, 5.41) is 13.0. The molecule has 8 nitrogen and oxygen atoms in total. The van der Waals surface area contributed by atoms with Crippen molar-refractivity contribution < 1.29 is 18.7 Å². The predicted octanol–water partition coefficient (Wildman–Crippen LogP) is 4.38. The van der Waals surface area contributed by atoms with Crippen molar-refractivity contribution in [2.75, 3.05) is 12.4 Å². The number of aromatic nitrogens is 3. The van der Waals surface area contributed by atoms with E-state index in [1.807, 2.05) is 0 Å². The van der Waals surface area contributed by atoms with Gasteiger partial charge in [-0.25, -0.2) is 9.37 Å². The monoisotopic (exact) mass is 477 g/mol. The zero-order valence-corrected chi connectivity index (χ0v) is 18.8. The van der Waals surface area contributed by atoms with Gasteiger partial charge in [0.05, 0.1) is 16.9 Å². The van der Waals surface area contributed by atoms with E-state index in [1.54, 1.807) is 13.8 Å². The van der Waals surface area contributed by atoms with Crippen LogP contribution in [0.15, 0.2) is 36.5 Å². The maximum absolute atomic E-state index is 13.9. The topological polar surface area (TPSA) is 106 Å². The lowest BCUT2D eigenvalue weighted by molar-refractivity contribution is 0.0957. The van der Waals surface area contributed by atoms with Crippen molar-refractivity contribution in [1.29, 1.82) is 0 Å². The van der Waals surface area contributed by atoms with Crippen LogP contribution in [0.5, 0.6) is 5.75 Å². The largest absolute Gasteiger partial charge is 0.484 e. The number of hydrogen-bond acceptors (Lipinski definition) is 6. The van der Waals surface area contributed by atoms with Crippen LogP contribution in [0.3, 0.4) is 0 Å². The first-order valence-corrected chi connectivity index (χ1v) is 10.1. The quantitative estimate of drug-likeness (QED) is 0.510. The molecule has 0 saturated carbocycles. The SMILES string of the molecule is CNC(=O)c1ccc(NC(=O)c2cc(OC(C)c3c(Cl)ccc(F)c3Cl)c(C)nn2)cn1. The van der Waals surface area contributed by atoms with Crippen molar-refractivity contribution in [2.45, 2.75) is 20.0 Å². The van der Waals surface area contributed by atoms with Crippen molar-refractivity contribution in [1.82, 2.24) is 20.5 Å². The molecule has 0 fully saturated rings. The number of amides is 2. The van der Waals surface area contributed by atoms with E-state index >= 15 is 0 Å². The van der Waals surface area contributed by atoms with Gasteiger partial charge in [0, 0.05) is 23.7 Å². The molecular weight excluding hydrogens is 460 g/mol. The highest BCUT2D eigenvalue weighted by atomic mass is 35.5. The average molecular weight is 478 g/mol. The first-order chi connectivity index (χ1) is 15.2. The summed E-state index contributed by atoms with van der Waals surface area (Å²) in [4.78, 5) is 28.1. The normalized spacial score (nSPS) is 11.6. The molecule has 2 aromatic heterocycles. The lowest BCUT2D eigenvalue weighted by Gasteiger charge is -2.19. The number of benzene rings is 1. The number of pyridine rings is 1. The van der Waals surface area contributed by atoms with Crippen LogP contribution in [0, 0.1) is 12.7 Å². The highest BCUT2D eigenvalue weighted by Gasteiger charge is 2.21. The van der Waals surface area contributed by atoms with Gasteiger partial charge in [-0.05, 0) is 38.1 Å². The number of anilines is 1. The van der Waals surface area contributed by atoms with Crippen molar-refractivity contribution in [3.05, 3.63) is 75.0 Å². The van der Waals surface area contributed by atoms with Crippen LogP contribution < -0.4 is 15.4 Å². The fourth-order valence-electron chi connectivity index (χ4n) is 2.76. The summed E-state index contributed by atoms with van der Waals surface area (Å²) in [6, 6.07) is 6.96. The molecule has 3 aromatic rings. The summed E-state index contributed by atoms with van der Waals surface area (Å²) in [5.41, 5.74) is 1.23. The second-order valence-electron chi connectivity index (χ2n) is 6.66. The third-order valence-corrected chi connectivity index (χ3v) is 5.15. The summed E-state index contributed by atoms with van der Waals surface area (Å²) in [6.07, 6.45) is 0.614. The molecule has 1 unspecified atom stereocenters. The minimum atomic E-state index is -0.731. The molecule has 2 heterocycles. The number of nitrogens with one attached hydrogen (secondary N) is 2. The van der Waals surface area contributed by atoms with Gasteiger partial charge in [-0.15, -0.1) is 5.10 Å². The number of aryl methyl sites for hydroxylation is 1. The third kappa shape index (κ3) is 5.12. The van der Waals surface area contributed by atoms with Crippen LogP contribution >= 0.6 is 23.2 Å². The number of halogens is 3. The Morgan fingerprint density at radius 3 is 2.50 bits per heavy atom. The van der Waals surface area contributed by atoms with E-state index in [0.29, 0.717) is 11.4 Å². The molecule has 1 aromatic carbocycles. The van der Waals surface area contributed by atoms with Gasteiger partial charge in [0.2, 0.25) is 0 Å². The molecule has 2 amide bonds. The van der Waals surface area contributed by atoms with Crippen molar-refractivity contribution in [2.24, 2.45) is 0 Å². The van der Waals surface area contributed by atoms with E-state index in [2.05, 4.69) is 25.8 Å². The molecule has 0 saturated heterocycles. The lowest BCUT2D eigenvalue weighted by atomic mass is 10.1. The van der Waals surface area contributed by atoms with E-state index in [1.165, 1.54) is 43.6 Å². The second kappa shape index (κ2) is 9.88. The van der Waals surface area contributed by atoms with Crippen LogP contribution in [0.25, 0.3) is 0 Å². The number of carbonyl (C=O) groups is 2. The molecule has 32 heavy (non-hydrogen) atoms. The van der Waals surface area contributed by atoms with Crippen molar-refractivity contribution >= 4 is 40.7 Å². The van der Waals surface area contributed by atoms with Crippen LogP contribution in [-0.2, 0) is 0 Å². The summed E-state index contributed by atoms with van der Waals surface area (Å²) in [5.74, 6) is -1.28. The van der Waals surface area contributed by atoms with Crippen molar-refractivity contribution in [3.63, 3.8) is 0 Å². The molecule has 166 valence electrons. The molecular formula is C21H18Cl2FN5O3. The Morgan fingerprint density at radius 1 is 1.09 bits per heavy atom. The lowest BCUT2D eigenvalue weighted by Crippen LogP contribution is -2.19. The minimum absolute atomic E-state index is 0.0235. The van der Waals surface area contributed by atoms with E-state index in [9.17, 15) is 14.0 Å². The van der Waals surface area contributed by atoms with E-state index in [4.69, 9.17) is 27.9 Å². The molecule has 2 N–H and O–H groups in total. The number of carbonyl (C=O) groups excluding carboxylic acids is 2. The van der Waals surface area contributed by atoms with Gasteiger partial charge < -0.3 is 15.4 Å². The molecule has 11 heteroatoms. The summed E-state index contributed by atoms with van der Waals surface area (Å²) in [7, 11) is 1.49. The van der Waals surface area contributed by atoms with Gasteiger partial charge in [-0.1, -0.05) is 23.2 Å². The second-order valence-corrected chi connectivity index (χ2v) is 7.45. The Labute approximate surface area is 193 Å². The first-order valence-electron chi connectivity index (χ1n) is 9.35. The highest BCUT2D eigenvalue weighted by molar-refractivity contribution is 6.36. The fraction of sp³-hybridized carbons (Fsp3) is 0.190. The average Bonchev–Trinajstić information content (AvgIpc) is 2.78. The molecule has 0 radical (unpaired) electrons. The molecule has 0 aliphatic heterocycles. The molecule has 0 bridgehead atoms. The number of hydrogen-bond donors (Lipinski definition) is 2. The standard InChI is InChI=1S/C21H18Cl2FN5O3/c1-10-17(32-11(2)18-13(22)5-6-14(24)19(18)23)8-16(29-28-10)21(31)27-12-4-7-15(26-9-12)20(30)25-3/h4-9,11H,1-3H3,(H,25,30)(H,27,31). The Morgan fingerprint density at radius 2 is 1.84 bits per heavy atom. The Bertz CT molecular complexity index is 1170. The number of ether oxygens (including phenoxy) is 1. The van der Waals surface area contributed by atoms with Gasteiger partial charge in [0.1, 0.15) is 29.1 Å². The summed E-state index contributed by atoms with van der Waals surface area (Å²) in [6.45, 7) is 3.29. The minimum Gasteiger partial charge on any atom is -0.484 e. The van der Waals surface area contributed by atoms with Gasteiger partial charge in [-0.2, -0.15) is 5.10 Å². The van der Waals surface area contributed by atoms with Gasteiger partial charge in [-0.3, -0.25) is 9.59 Å². The molecule has 1 atom stereocenters. The smallest absolute Gasteiger partial charge is 0.276 e. The Kier molecular flexibility index (Phi) is 7.22. The van der Waals surface area contributed by atoms with E-state index in [0.717, 1.165) is 0 Å². The van der Waals surface area contributed by atoms with E-state index in [-0.39, 0.29) is 38.7 Å². The van der Waals surface area contributed by atoms with Crippen LogP contribution in [0.2, 0.25) is 10.0 Å². The van der Waals surface area contributed by atoms with Gasteiger partial charge >= 0.3 is 0 Å². The Balaban J connectivity index is 1.79. The first kappa shape index (κ1) is 23.4. The number of nitrogens with zero attached hydrogens (tertiary/aromatic N) is 3. The maximum atomic E-state index is 13.9. The summed E-state index contributed by atoms with van der Waals surface area (Å²) < 4.78 is 19.7. The molecule has 0 aliphatic rings. The molecule has 0 aliphatic carbocycles. The molecule has 3 rings (SSSR count). The fourth-order valence-corrected chi connectivity index (χ4v) is 3.43. The Hall–Kier alpha value is -3.30. The maximum Gasteiger partial charge on any atom is 0.276 e. The van der Waals surface area contributed by atoms with Crippen molar-refractivity contribution in [3.8, 4) is 5.75 Å². The van der Waals surface area contributed by atoms with Crippen LogP contribution in [0.1, 0.15) is 45.3 Å². The predicted molar refractivity (Wildman–Crippen MR) is 118 cm³/mol. The zero-order chi connectivity index (χ0) is 23.4. The van der Waals surface area contributed by atoms with Gasteiger partial charge in [0.15, 0.2) is 5.69 Å². The van der Waals surface area contributed by atoms with Crippen LogP contribution in [0.4, 0.5) is 10.1 Å². The number of rotatable bonds is 6. The zero-order valence-electron chi connectivity index (χ0n) is 17.2. The van der Waals surface area contributed by atoms with E-state index < -0.39 is 17.8 Å². The summed E-state index contributed by atoms with van der Waals surface area (Å²) >= 11 is 12.2. The highest BCUT2D eigenvalue weighted by Crippen LogP contribution is 2.35.